The SMILES string of the molecule is CC(C)C(=O)N1CCC(NC(=O)CC(C)C2CCCNC2)CC1.Cl. The highest BCUT2D eigenvalue weighted by molar-refractivity contribution is 5.85. The first-order chi connectivity index (χ1) is 11.0. The van der Waals surface area contributed by atoms with Gasteiger partial charge in [-0.05, 0) is 50.6 Å². The molecule has 5 nitrogen and oxygen atoms in total. The van der Waals surface area contributed by atoms with Crippen molar-refractivity contribution in [1.82, 2.24) is 15.5 Å². The second-order valence-corrected chi connectivity index (χ2v) is 7.61. The maximum absolute atomic E-state index is 12.3. The lowest BCUT2D eigenvalue weighted by Crippen LogP contribution is -2.48. The van der Waals surface area contributed by atoms with Gasteiger partial charge in [0.2, 0.25) is 11.8 Å². The van der Waals surface area contributed by atoms with Gasteiger partial charge in [-0.1, -0.05) is 20.8 Å². The molecule has 6 heteroatoms. The smallest absolute Gasteiger partial charge is 0.225 e. The number of nitrogens with zero attached hydrogens (tertiary/aromatic N) is 1. The molecule has 24 heavy (non-hydrogen) atoms. The van der Waals surface area contributed by atoms with Crippen LogP contribution >= 0.6 is 12.4 Å². The minimum atomic E-state index is 0. The number of halogens is 1. The van der Waals surface area contributed by atoms with Crippen LogP contribution in [0.25, 0.3) is 0 Å². The summed E-state index contributed by atoms with van der Waals surface area (Å²) in [6, 6.07) is 0.232. The van der Waals surface area contributed by atoms with E-state index in [1.54, 1.807) is 0 Å². The van der Waals surface area contributed by atoms with Crippen LogP contribution in [0.3, 0.4) is 0 Å². The monoisotopic (exact) mass is 359 g/mol. The van der Waals surface area contributed by atoms with Crippen LogP contribution in [0, 0.1) is 17.8 Å². The van der Waals surface area contributed by atoms with Gasteiger partial charge in [-0.3, -0.25) is 9.59 Å². The first kappa shape index (κ1) is 21.2. The molecular formula is C18H34ClN3O2. The summed E-state index contributed by atoms with van der Waals surface area (Å²) in [6.07, 6.45) is 4.83. The third-order valence-electron chi connectivity index (χ3n) is 5.31. The van der Waals surface area contributed by atoms with Crippen molar-refractivity contribution in [1.29, 1.82) is 0 Å². The van der Waals surface area contributed by atoms with Gasteiger partial charge < -0.3 is 15.5 Å². The molecule has 0 bridgehead atoms. The summed E-state index contributed by atoms with van der Waals surface area (Å²) in [5.41, 5.74) is 0. The van der Waals surface area contributed by atoms with E-state index < -0.39 is 0 Å². The Hall–Kier alpha value is -0.810. The van der Waals surface area contributed by atoms with Gasteiger partial charge >= 0.3 is 0 Å². The minimum absolute atomic E-state index is 0. The Morgan fingerprint density at radius 2 is 1.83 bits per heavy atom. The summed E-state index contributed by atoms with van der Waals surface area (Å²) in [7, 11) is 0. The van der Waals surface area contributed by atoms with Crippen molar-refractivity contribution in [2.24, 2.45) is 17.8 Å². The molecule has 140 valence electrons. The molecule has 2 rings (SSSR count). The predicted octanol–water partition coefficient (Wildman–Crippen LogP) is 2.20. The van der Waals surface area contributed by atoms with Crippen molar-refractivity contribution in [2.75, 3.05) is 26.2 Å². The van der Waals surface area contributed by atoms with Gasteiger partial charge in [-0.2, -0.15) is 0 Å². The van der Waals surface area contributed by atoms with E-state index in [1.165, 1.54) is 12.8 Å². The highest BCUT2D eigenvalue weighted by Crippen LogP contribution is 2.22. The quantitative estimate of drug-likeness (QED) is 0.791. The van der Waals surface area contributed by atoms with Crippen LogP contribution in [0.2, 0.25) is 0 Å². The van der Waals surface area contributed by atoms with Gasteiger partial charge in [-0.25, -0.2) is 0 Å². The maximum Gasteiger partial charge on any atom is 0.225 e. The molecule has 2 N–H and O–H groups in total. The number of hydrogen-bond donors (Lipinski definition) is 2. The van der Waals surface area contributed by atoms with Gasteiger partial charge in [0.05, 0.1) is 0 Å². The van der Waals surface area contributed by atoms with Crippen molar-refractivity contribution >= 4 is 24.2 Å². The summed E-state index contributed by atoms with van der Waals surface area (Å²) >= 11 is 0. The lowest BCUT2D eigenvalue weighted by molar-refractivity contribution is -0.135. The number of nitrogens with one attached hydrogen (secondary N) is 2. The fourth-order valence-electron chi connectivity index (χ4n) is 3.72. The first-order valence-electron chi connectivity index (χ1n) is 9.26. The Morgan fingerprint density at radius 1 is 1.17 bits per heavy atom. The van der Waals surface area contributed by atoms with Crippen molar-refractivity contribution < 1.29 is 9.59 Å². The summed E-state index contributed by atoms with van der Waals surface area (Å²) in [6.45, 7) is 9.78. The molecule has 0 spiro atoms. The standard InChI is InChI=1S/C18H33N3O2.ClH/c1-13(2)18(23)21-9-6-16(7-10-21)20-17(22)11-14(3)15-5-4-8-19-12-15;/h13-16,19H,4-12H2,1-3H3,(H,20,22);1H. The van der Waals surface area contributed by atoms with Crippen LogP contribution in [0.5, 0.6) is 0 Å². The summed E-state index contributed by atoms with van der Waals surface area (Å²) < 4.78 is 0. The van der Waals surface area contributed by atoms with E-state index in [9.17, 15) is 9.59 Å². The van der Waals surface area contributed by atoms with Crippen molar-refractivity contribution in [3.8, 4) is 0 Å². The molecule has 0 aromatic heterocycles. The topological polar surface area (TPSA) is 61.4 Å². The van der Waals surface area contributed by atoms with Gasteiger partial charge in [0.15, 0.2) is 0 Å². The number of carbonyl (C=O) groups excluding carboxylic acids is 2. The average Bonchev–Trinajstić information content (AvgIpc) is 2.55. The number of amides is 2. The van der Waals surface area contributed by atoms with Gasteiger partial charge in [-0.15, -0.1) is 12.4 Å². The molecule has 2 saturated heterocycles. The predicted molar refractivity (Wildman–Crippen MR) is 99.2 cm³/mol. The van der Waals surface area contributed by atoms with Crippen LogP contribution in [0.15, 0.2) is 0 Å². The van der Waals surface area contributed by atoms with Crippen molar-refractivity contribution in [3.05, 3.63) is 0 Å². The molecule has 0 radical (unpaired) electrons. The van der Waals surface area contributed by atoms with E-state index in [4.69, 9.17) is 0 Å². The van der Waals surface area contributed by atoms with E-state index >= 15 is 0 Å². The molecular weight excluding hydrogens is 326 g/mol. The zero-order valence-electron chi connectivity index (χ0n) is 15.3. The Bertz CT molecular complexity index is 403. The van der Waals surface area contributed by atoms with E-state index in [0.717, 1.165) is 39.0 Å². The fourth-order valence-corrected chi connectivity index (χ4v) is 3.72. The third kappa shape index (κ3) is 6.25. The Balaban J connectivity index is 0.00000288. The lowest BCUT2D eigenvalue weighted by atomic mass is 9.85. The molecule has 0 aromatic rings. The molecule has 2 unspecified atom stereocenters. The highest BCUT2D eigenvalue weighted by Gasteiger charge is 2.26. The molecule has 2 heterocycles. The number of rotatable bonds is 5. The van der Waals surface area contributed by atoms with Crippen LogP contribution < -0.4 is 10.6 Å². The third-order valence-corrected chi connectivity index (χ3v) is 5.31. The normalized spacial score (nSPS) is 23.5. The van der Waals surface area contributed by atoms with Crippen molar-refractivity contribution in [2.45, 2.75) is 58.9 Å². The lowest BCUT2D eigenvalue weighted by Gasteiger charge is -2.34. The molecule has 0 saturated carbocycles. The zero-order chi connectivity index (χ0) is 16.8. The van der Waals surface area contributed by atoms with Crippen LogP contribution in [0.1, 0.15) is 52.9 Å². The second kappa shape index (κ2) is 10.2. The molecule has 0 aliphatic carbocycles. The van der Waals surface area contributed by atoms with Crippen LogP contribution in [-0.2, 0) is 9.59 Å². The molecule has 2 aliphatic heterocycles. The number of likely N-dealkylation sites (tertiary alicyclic amines) is 1. The van der Waals surface area contributed by atoms with E-state index in [2.05, 4.69) is 17.6 Å². The molecule has 2 atom stereocenters. The molecule has 0 aromatic carbocycles. The largest absolute Gasteiger partial charge is 0.353 e. The number of hydrogen-bond acceptors (Lipinski definition) is 3. The van der Waals surface area contributed by atoms with Crippen molar-refractivity contribution in [3.63, 3.8) is 0 Å². The minimum Gasteiger partial charge on any atom is -0.353 e. The fraction of sp³-hybridized carbons (Fsp3) is 0.889. The number of carbonyl (C=O) groups is 2. The van der Waals surface area contributed by atoms with Gasteiger partial charge in [0.25, 0.3) is 0 Å². The highest BCUT2D eigenvalue weighted by atomic mass is 35.5. The summed E-state index contributed by atoms with van der Waals surface area (Å²) in [4.78, 5) is 26.2. The summed E-state index contributed by atoms with van der Waals surface area (Å²) in [5.74, 6) is 1.53. The van der Waals surface area contributed by atoms with Crippen LogP contribution in [-0.4, -0.2) is 48.9 Å². The molecule has 2 aliphatic rings. The van der Waals surface area contributed by atoms with E-state index in [0.29, 0.717) is 18.3 Å². The Kier molecular flexibility index (Phi) is 9.06. The van der Waals surface area contributed by atoms with E-state index in [1.807, 2.05) is 18.7 Å². The second-order valence-electron chi connectivity index (χ2n) is 7.61. The average molecular weight is 360 g/mol. The Morgan fingerprint density at radius 3 is 2.38 bits per heavy atom. The first-order valence-corrected chi connectivity index (χ1v) is 9.26. The van der Waals surface area contributed by atoms with Gasteiger partial charge in [0, 0.05) is 31.5 Å². The maximum atomic E-state index is 12.3. The number of piperidine rings is 2. The zero-order valence-corrected chi connectivity index (χ0v) is 16.2. The molecule has 2 amide bonds. The summed E-state index contributed by atoms with van der Waals surface area (Å²) in [5, 5.41) is 6.61. The molecule has 2 fully saturated rings. The van der Waals surface area contributed by atoms with Gasteiger partial charge in [0.1, 0.15) is 0 Å². The Labute approximate surface area is 152 Å². The van der Waals surface area contributed by atoms with Crippen LogP contribution in [0.4, 0.5) is 0 Å². The van der Waals surface area contributed by atoms with E-state index in [-0.39, 0.29) is 36.2 Å².